The number of benzene rings is 10. The van der Waals surface area contributed by atoms with Crippen LogP contribution >= 0.6 is 15.9 Å². The van der Waals surface area contributed by atoms with Gasteiger partial charge in [-0.1, -0.05) is 201 Å². The van der Waals surface area contributed by atoms with Gasteiger partial charge in [-0.05, 0) is 135 Å². The SMILES string of the molecule is CC1(C)c2ccccc2Cc2ccccc21.CC1(C)c2ccccc2N(c2ccc3c(c2)-c2cc(-c4ccccc4)ccc2S3(=O)=O)c2ccccc21.O=S1(=O)c2ccc(Br)cc2-c2cc(-c3ccccc3)ccc21. The maximum atomic E-state index is 13.5. The van der Waals surface area contributed by atoms with E-state index in [0.29, 0.717) is 19.6 Å². The molecule has 0 amide bonds. The van der Waals surface area contributed by atoms with Gasteiger partial charge in [0.1, 0.15) is 0 Å². The van der Waals surface area contributed by atoms with Gasteiger partial charge >= 0.3 is 0 Å². The van der Waals surface area contributed by atoms with E-state index >= 15 is 0 Å². The molecule has 8 heteroatoms. The van der Waals surface area contributed by atoms with Crippen LogP contribution in [0.4, 0.5) is 17.1 Å². The van der Waals surface area contributed by atoms with E-state index < -0.39 is 19.7 Å². The minimum Gasteiger partial charge on any atom is -0.310 e. The zero-order valence-corrected chi connectivity index (χ0v) is 45.1. The molecule has 0 N–H and O–H groups in total. The Morgan fingerprint density at radius 3 is 1.20 bits per heavy atom. The lowest BCUT2D eigenvalue weighted by Crippen LogP contribution is -2.30. The number of anilines is 3. The molecule has 0 unspecified atom stereocenters. The van der Waals surface area contributed by atoms with E-state index in [9.17, 15) is 16.8 Å². The first-order valence-corrected chi connectivity index (χ1v) is 28.9. The average molecular weight is 1080 g/mol. The first-order chi connectivity index (χ1) is 36.1. The summed E-state index contributed by atoms with van der Waals surface area (Å²) in [6.45, 7) is 9.17. The molecular weight excluding hydrogens is 1030 g/mol. The fourth-order valence-electron chi connectivity index (χ4n) is 11.7. The largest absolute Gasteiger partial charge is 0.310 e. The van der Waals surface area contributed by atoms with Crippen molar-refractivity contribution in [2.75, 3.05) is 4.90 Å². The molecule has 3 heterocycles. The second-order valence-electron chi connectivity index (χ2n) is 20.6. The smallest absolute Gasteiger partial charge is 0.207 e. The molecule has 1 aliphatic carbocycles. The number of hydrogen-bond acceptors (Lipinski definition) is 5. The van der Waals surface area contributed by atoms with Crippen molar-refractivity contribution in [2.24, 2.45) is 0 Å². The summed E-state index contributed by atoms with van der Waals surface area (Å²) in [4.78, 5) is 3.79. The number of hydrogen-bond donors (Lipinski definition) is 0. The van der Waals surface area contributed by atoms with Crippen LogP contribution in [0.15, 0.2) is 255 Å². The minimum atomic E-state index is -3.57. The summed E-state index contributed by atoms with van der Waals surface area (Å²) < 4.78 is 53.1. The summed E-state index contributed by atoms with van der Waals surface area (Å²) in [5.74, 6) is 0. The van der Waals surface area contributed by atoms with Crippen molar-refractivity contribution in [2.45, 2.75) is 64.5 Å². The van der Waals surface area contributed by atoms with Gasteiger partial charge in [0.05, 0.1) is 31.0 Å². The van der Waals surface area contributed by atoms with Crippen LogP contribution in [0.1, 0.15) is 61.1 Å². The Morgan fingerprint density at radius 2 is 0.720 bits per heavy atom. The molecule has 0 bridgehead atoms. The van der Waals surface area contributed by atoms with E-state index in [1.807, 2.05) is 103 Å². The van der Waals surface area contributed by atoms with Gasteiger partial charge in [0.2, 0.25) is 19.7 Å². The zero-order valence-electron chi connectivity index (χ0n) is 41.9. The molecule has 10 aromatic carbocycles. The quantitative estimate of drug-likeness (QED) is 0.176. The Bertz CT molecular complexity index is 4050. The second kappa shape index (κ2) is 18.3. The molecule has 75 heavy (non-hydrogen) atoms. The van der Waals surface area contributed by atoms with Gasteiger partial charge in [-0.2, -0.15) is 0 Å². The molecule has 0 spiro atoms. The van der Waals surface area contributed by atoms with Crippen molar-refractivity contribution in [1.82, 2.24) is 0 Å². The van der Waals surface area contributed by atoms with E-state index in [2.05, 4.69) is 146 Å². The van der Waals surface area contributed by atoms with Gasteiger partial charge in [-0.3, -0.25) is 0 Å². The topological polar surface area (TPSA) is 71.5 Å². The van der Waals surface area contributed by atoms with Crippen molar-refractivity contribution in [3.8, 4) is 44.5 Å². The highest BCUT2D eigenvalue weighted by molar-refractivity contribution is 9.10. The predicted octanol–water partition coefficient (Wildman–Crippen LogP) is 17.1. The molecule has 14 rings (SSSR count). The lowest BCUT2D eigenvalue weighted by atomic mass is 9.69. The van der Waals surface area contributed by atoms with E-state index in [1.54, 1.807) is 30.3 Å². The predicted molar refractivity (Wildman–Crippen MR) is 308 cm³/mol. The number of para-hydroxylation sites is 2. The summed E-state index contributed by atoms with van der Waals surface area (Å²) >= 11 is 3.42. The number of rotatable bonds is 3. The fourth-order valence-corrected chi connectivity index (χ4v) is 15.4. The van der Waals surface area contributed by atoms with Gasteiger partial charge in [-0.25, -0.2) is 16.8 Å². The first kappa shape index (κ1) is 48.3. The minimum absolute atomic E-state index is 0.144. The van der Waals surface area contributed by atoms with Crippen molar-refractivity contribution < 1.29 is 16.8 Å². The molecule has 0 atom stereocenters. The Hall–Kier alpha value is -7.62. The van der Waals surface area contributed by atoms with E-state index in [1.165, 1.54) is 33.4 Å². The van der Waals surface area contributed by atoms with Gasteiger partial charge in [-0.15, -0.1) is 0 Å². The molecule has 0 saturated carbocycles. The molecule has 4 aliphatic rings. The Balaban J connectivity index is 0.000000126. The van der Waals surface area contributed by atoms with Crippen molar-refractivity contribution in [1.29, 1.82) is 0 Å². The number of nitrogens with zero attached hydrogens (tertiary/aromatic N) is 1. The van der Waals surface area contributed by atoms with Crippen LogP contribution in [0.2, 0.25) is 0 Å². The van der Waals surface area contributed by atoms with Gasteiger partial charge in [0.15, 0.2) is 0 Å². The lowest BCUT2D eigenvalue weighted by molar-refractivity contribution is 0.597. The highest BCUT2D eigenvalue weighted by Crippen LogP contribution is 2.54. The molecule has 368 valence electrons. The number of fused-ring (bicyclic) bond motifs is 10. The molecule has 3 aliphatic heterocycles. The number of halogens is 1. The van der Waals surface area contributed by atoms with Gasteiger partial charge < -0.3 is 4.90 Å². The monoisotopic (exact) mass is 1080 g/mol. The second-order valence-corrected chi connectivity index (χ2v) is 25.3. The summed E-state index contributed by atoms with van der Waals surface area (Å²) in [6.07, 6.45) is 1.08. The Morgan fingerprint density at radius 1 is 0.360 bits per heavy atom. The van der Waals surface area contributed by atoms with E-state index in [4.69, 9.17) is 0 Å². The Kier molecular flexibility index (Phi) is 11.8. The molecule has 0 fully saturated rings. The van der Waals surface area contributed by atoms with E-state index in [-0.39, 0.29) is 10.8 Å². The van der Waals surface area contributed by atoms with Crippen LogP contribution in [-0.4, -0.2) is 16.8 Å². The third kappa shape index (κ3) is 8.09. The molecular formula is C67H52BrNO4S2. The molecule has 5 nitrogen and oxygen atoms in total. The van der Waals surface area contributed by atoms with Crippen LogP contribution in [0, 0.1) is 0 Å². The van der Waals surface area contributed by atoms with Gasteiger partial charge in [0.25, 0.3) is 0 Å². The summed E-state index contributed by atoms with van der Waals surface area (Å²) in [7, 11) is -6.97. The molecule has 0 saturated heterocycles. The maximum Gasteiger partial charge on any atom is 0.207 e. The lowest BCUT2D eigenvalue weighted by Gasteiger charge is -2.42. The normalized spacial score (nSPS) is 15.6. The van der Waals surface area contributed by atoms with E-state index in [0.717, 1.165) is 72.5 Å². The van der Waals surface area contributed by atoms with Crippen LogP contribution in [0.3, 0.4) is 0 Å². The third-order valence-electron chi connectivity index (χ3n) is 15.5. The fraction of sp³-hybridized carbons (Fsp3) is 0.104. The first-order valence-electron chi connectivity index (χ1n) is 25.1. The highest BCUT2D eigenvalue weighted by Gasteiger charge is 2.39. The van der Waals surface area contributed by atoms with Crippen molar-refractivity contribution in [3.63, 3.8) is 0 Å². The van der Waals surface area contributed by atoms with Crippen LogP contribution < -0.4 is 4.90 Å². The van der Waals surface area contributed by atoms with Crippen molar-refractivity contribution >= 4 is 52.7 Å². The highest BCUT2D eigenvalue weighted by atomic mass is 79.9. The standard InChI is InChI=1S/C33H25NO2S.C18H11BrO2S.C16H16/c1-33(2)27-12-6-8-14-29(27)34(30-15-9-7-13-28(30)33)24-17-19-32-26(21-24)25-20-23(22-10-4-3-5-11-22)16-18-31(25)37(32,35)36;19-14-7-9-18-16(11-14)15-10-13(12-4-2-1-3-5-12)6-8-17(15)22(18,20)21;1-16(2)14-9-5-3-7-12(14)11-13-8-4-6-10-15(13)16/h3-21H,1-2H3;1-11H;3-10H,11H2,1-2H3. The Labute approximate surface area is 448 Å². The van der Waals surface area contributed by atoms with Crippen LogP contribution in [0.25, 0.3) is 44.5 Å². The molecule has 10 aromatic rings. The third-order valence-corrected chi connectivity index (χ3v) is 19.7. The van der Waals surface area contributed by atoms with Crippen LogP contribution in [0.5, 0.6) is 0 Å². The summed E-state index contributed by atoms with van der Waals surface area (Å²) in [5, 5.41) is 0. The van der Waals surface area contributed by atoms with Crippen LogP contribution in [-0.2, 0) is 36.9 Å². The zero-order chi connectivity index (χ0) is 51.9. The maximum absolute atomic E-state index is 13.5. The average Bonchev–Trinajstić information content (AvgIpc) is 3.81. The van der Waals surface area contributed by atoms with Gasteiger partial charge in [0, 0.05) is 43.2 Å². The molecule has 0 aromatic heterocycles. The summed E-state index contributed by atoms with van der Waals surface area (Å²) in [5.41, 5.74) is 18.8. The summed E-state index contributed by atoms with van der Waals surface area (Å²) in [6, 6.07) is 76.9. The molecule has 0 radical (unpaired) electrons. The number of sulfone groups is 2. The van der Waals surface area contributed by atoms with Crippen molar-refractivity contribution in [3.05, 3.63) is 268 Å².